The first-order valence-corrected chi connectivity index (χ1v) is 3.20. The number of rotatable bonds is 3. The van der Waals surface area contributed by atoms with Crippen molar-refractivity contribution in [3.05, 3.63) is 0 Å². The molecule has 0 rings (SSSR count). The highest BCUT2D eigenvalue weighted by atomic mass is 16.5. The van der Waals surface area contributed by atoms with Crippen LogP contribution in [-0.2, 0) is 9.53 Å². The largest absolute Gasteiger partial charge is 0.465 e. The Labute approximate surface area is 60.5 Å². The summed E-state index contributed by atoms with van der Waals surface area (Å²) in [4.78, 5) is 10.9. The molecule has 0 heterocycles. The molecule has 1 atom stereocenters. The van der Waals surface area contributed by atoms with E-state index in [0.29, 0.717) is 6.61 Å². The van der Waals surface area contributed by atoms with Crippen LogP contribution in [0.3, 0.4) is 0 Å². The van der Waals surface area contributed by atoms with E-state index in [0.717, 1.165) is 0 Å². The van der Waals surface area contributed by atoms with Gasteiger partial charge in [0.1, 0.15) is 5.54 Å². The average molecular weight is 146 g/mol. The Hall–Kier alpha value is -0.610. The molecule has 0 bridgehead atoms. The third kappa shape index (κ3) is 2.33. The summed E-state index contributed by atoms with van der Waals surface area (Å²) in [5.41, 5.74) is 9.63. The molecule has 0 aliphatic rings. The number of carbonyl (C=O) groups is 1. The van der Waals surface area contributed by atoms with E-state index < -0.39 is 11.5 Å². The van der Waals surface area contributed by atoms with Crippen LogP contribution in [0.2, 0.25) is 0 Å². The predicted octanol–water partition coefficient (Wildman–Crippen LogP) is -0.774. The summed E-state index contributed by atoms with van der Waals surface area (Å²) in [6.45, 7) is 3.72. The highest BCUT2D eigenvalue weighted by molar-refractivity contribution is 5.80. The zero-order valence-electron chi connectivity index (χ0n) is 6.39. The van der Waals surface area contributed by atoms with Crippen molar-refractivity contribution in [3.8, 4) is 0 Å². The molecule has 0 aliphatic carbocycles. The standard InChI is InChI=1S/C6H14N2O2/c1-3-10-5(9)6(2,8)4-7/h3-4,7-8H2,1-2H3/t6-/m1/s1. The van der Waals surface area contributed by atoms with E-state index >= 15 is 0 Å². The van der Waals surface area contributed by atoms with Crippen molar-refractivity contribution in [2.45, 2.75) is 19.4 Å². The summed E-state index contributed by atoms with van der Waals surface area (Å²) in [5, 5.41) is 0. The molecular weight excluding hydrogens is 132 g/mol. The van der Waals surface area contributed by atoms with Crippen molar-refractivity contribution in [3.63, 3.8) is 0 Å². The van der Waals surface area contributed by atoms with Crippen molar-refractivity contribution in [1.82, 2.24) is 0 Å². The number of hydrogen-bond donors (Lipinski definition) is 2. The lowest BCUT2D eigenvalue weighted by atomic mass is 10.1. The van der Waals surface area contributed by atoms with Gasteiger partial charge in [-0.1, -0.05) is 0 Å². The van der Waals surface area contributed by atoms with Crippen LogP contribution in [-0.4, -0.2) is 24.7 Å². The molecule has 10 heavy (non-hydrogen) atoms. The van der Waals surface area contributed by atoms with Crippen molar-refractivity contribution >= 4 is 5.97 Å². The first-order valence-electron chi connectivity index (χ1n) is 3.20. The fourth-order valence-corrected chi connectivity index (χ4v) is 0.379. The number of ether oxygens (including phenoxy) is 1. The van der Waals surface area contributed by atoms with Gasteiger partial charge in [0.2, 0.25) is 0 Å². The van der Waals surface area contributed by atoms with Gasteiger partial charge in [-0.3, -0.25) is 4.79 Å². The zero-order chi connectivity index (χ0) is 8.20. The molecule has 0 aromatic carbocycles. The molecule has 0 aromatic heterocycles. The van der Waals surface area contributed by atoms with Crippen LogP contribution in [0.4, 0.5) is 0 Å². The third-order valence-electron chi connectivity index (χ3n) is 1.17. The second-order valence-electron chi connectivity index (χ2n) is 2.34. The topological polar surface area (TPSA) is 78.3 Å². The van der Waals surface area contributed by atoms with E-state index in [-0.39, 0.29) is 6.54 Å². The van der Waals surface area contributed by atoms with Gasteiger partial charge < -0.3 is 16.2 Å². The summed E-state index contributed by atoms with van der Waals surface area (Å²) in [6.07, 6.45) is 0. The maximum Gasteiger partial charge on any atom is 0.327 e. The molecule has 0 aliphatic heterocycles. The number of hydrogen-bond acceptors (Lipinski definition) is 4. The summed E-state index contributed by atoms with van der Waals surface area (Å²) in [5.74, 6) is -0.447. The van der Waals surface area contributed by atoms with E-state index in [1.165, 1.54) is 0 Å². The summed E-state index contributed by atoms with van der Waals surface area (Å²) < 4.78 is 4.65. The Kier molecular flexibility index (Phi) is 3.32. The lowest BCUT2D eigenvalue weighted by Crippen LogP contribution is -2.52. The summed E-state index contributed by atoms with van der Waals surface area (Å²) in [6, 6.07) is 0. The fraction of sp³-hybridized carbons (Fsp3) is 0.833. The van der Waals surface area contributed by atoms with Gasteiger partial charge in [0.05, 0.1) is 6.61 Å². The van der Waals surface area contributed by atoms with Gasteiger partial charge in [-0.2, -0.15) is 0 Å². The monoisotopic (exact) mass is 146 g/mol. The fourth-order valence-electron chi connectivity index (χ4n) is 0.379. The van der Waals surface area contributed by atoms with E-state index in [9.17, 15) is 4.79 Å². The van der Waals surface area contributed by atoms with Gasteiger partial charge >= 0.3 is 5.97 Å². The first-order chi connectivity index (χ1) is 4.54. The molecule has 60 valence electrons. The van der Waals surface area contributed by atoms with Crippen LogP contribution in [0.15, 0.2) is 0 Å². The Morgan fingerprint density at radius 1 is 1.70 bits per heavy atom. The lowest BCUT2D eigenvalue weighted by molar-refractivity contribution is -0.148. The predicted molar refractivity (Wildman–Crippen MR) is 38.3 cm³/mol. The molecule has 0 amide bonds. The minimum Gasteiger partial charge on any atom is -0.465 e. The minimum absolute atomic E-state index is 0.103. The molecule has 4 N–H and O–H groups in total. The average Bonchev–Trinajstić information content (AvgIpc) is 1.89. The third-order valence-corrected chi connectivity index (χ3v) is 1.17. The second-order valence-corrected chi connectivity index (χ2v) is 2.34. The first kappa shape index (κ1) is 9.39. The molecule has 0 spiro atoms. The zero-order valence-corrected chi connectivity index (χ0v) is 6.39. The quantitative estimate of drug-likeness (QED) is 0.512. The van der Waals surface area contributed by atoms with Gasteiger partial charge in [0, 0.05) is 6.54 Å². The molecule has 4 heteroatoms. The van der Waals surface area contributed by atoms with Crippen LogP contribution in [0, 0.1) is 0 Å². The minimum atomic E-state index is -1.03. The lowest BCUT2D eigenvalue weighted by Gasteiger charge is -2.19. The molecule has 4 nitrogen and oxygen atoms in total. The van der Waals surface area contributed by atoms with Crippen molar-refractivity contribution in [1.29, 1.82) is 0 Å². The summed E-state index contributed by atoms with van der Waals surface area (Å²) >= 11 is 0. The Balaban J connectivity index is 3.91. The van der Waals surface area contributed by atoms with Gasteiger partial charge in [-0.25, -0.2) is 0 Å². The maximum absolute atomic E-state index is 10.9. The van der Waals surface area contributed by atoms with Crippen molar-refractivity contribution < 1.29 is 9.53 Å². The second kappa shape index (κ2) is 3.53. The number of esters is 1. The molecule has 0 unspecified atom stereocenters. The van der Waals surface area contributed by atoms with Crippen LogP contribution in [0.25, 0.3) is 0 Å². The highest BCUT2D eigenvalue weighted by Crippen LogP contribution is 1.98. The van der Waals surface area contributed by atoms with E-state index in [2.05, 4.69) is 4.74 Å². The van der Waals surface area contributed by atoms with Crippen LogP contribution >= 0.6 is 0 Å². The normalized spacial score (nSPS) is 16.0. The molecule has 0 aromatic rings. The smallest absolute Gasteiger partial charge is 0.327 e. The van der Waals surface area contributed by atoms with E-state index in [4.69, 9.17) is 11.5 Å². The number of carbonyl (C=O) groups excluding carboxylic acids is 1. The molecule has 0 radical (unpaired) electrons. The Morgan fingerprint density at radius 2 is 2.20 bits per heavy atom. The Bertz CT molecular complexity index is 123. The molecular formula is C6H14N2O2. The molecule has 0 fully saturated rings. The molecule has 0 saturated carbocycles. The van der Waals surface area contributed by atoms with Gasteiger partial charge in [0.15, 0.2) is 0 Å². The van der Waals surface area contributed by atoms with Gasteiger partial charge in [0.25, 0.3) is 0 Å². The molecule has 0 saturated heterocycles. The Morgan fingerprint density at radius 3 is 2.50 bits per heavy atom. The van der Waals surface area contributed by atoms with Gasteiger partial charge in [-0.15, -0.1) is 0 Å². The SMILES string of the molecule is CCOC(=O)[C@](C)(N)CN. The maximum atomic E-state index is 10.9. The van der Waals surface area contributed by atoms with E-state index in [1.807, 2.05) is 0 Å². The van der Waals surface area contributed by atoms with E-state index in [1.54, 1.807) is 13.8 Å². The van der Waals surface area contributed by atoms with Gasteiger partial charge in [-0.05, 0) is 13.8 Å². The number of nitrogens with two attached hydrogens (primary N) is 2. The van der Waals surface area contributed by atoms with Crippen molar-refractivity contribution in [2.24, 2.45) is 11.5 Å². The van der Waals surface area contributed by atoms with Crippen LogP contribution in [0.1, 0.15) is 13.8 Å². The summed E-state index contributed by atoms with van der Waals surface area (Å²) in [7, 11) is 0. The van der Waals surface area contributed by atoms with Crippen LogP contribution < -0.4 is 11.5 Å². The van der Waals surface area contributed by atoms with Crippen molar-refractivity contribution in [2.75, 3.05) is 13.2 Å². The highest BCUT2D eigenvalue weighted by Gasteiger charge is 2.27. The van der Waals surface area contributed by atoms with Crippen LogP contribution in [0.5, 0.6) is 0 Å².